The van der Waals surface area contributed by atoms with Gasteiger partial charge in [0, 0.05) is 13.8 Å². The van der Waals surface area contributed by atoms with E-state index >= 15 is 0 Å². The number of esters is 1. The number of carboxylic acid groups (broad SMARTS) is 1. The molecule has 0 bridgehead atoms. The monoisotopic (exact) mass is 273 g/mol. The van der Waals surface area contributed by atoms with E-state index in [9.17, 15) is 19.5 Å². The first kappa shape index (κ1) is 17.4. The molecule has 0 radical (unpaired) electrons. The third kappa shape index (κ3) is 7.43. The number of amides is 1. The van der Waals surface area contributed by atoms with Crippen LogP contribution in [0.2, 0.25) is 0 Å². The SMILES string of the molecule is CCCCCC[C@@H](C(=O)O)N(COC(C)=O)C(C)=O. The van der Waals surface area contributed by atoms with E-state index in [4.69, 9.17) is 4.74 Å². The van der Waals surface area contributed by atoms with Gasteiger partial charge in [-0.3, -0.25) is 14.5 Å². The largest absolute Gasteiger partial charge is 0.480 e. The summed E-state index contributed by atoms with van der Waals surface area (Å²) in [6.45, 7) is 4.24. The second-order valence-corrected chi connectivity index (χ2v) is 4.46. The van der Waals surface area contributed by atoms with Gasteiger partial charge in [0.15, 0.2) is 6.73 Å². The normalized spacial score (nSPS) is 11.7. The number of hydrogen-bond donors (Lipinski definition) is 1. The highest BCUT2D eigenvalue weighted by molar-refractivity contribution is 5.82. The van der Waals surface area contributed by atoms with Crippen LogP contribution in [0.3, 0.4) is 0 Å². The number of aliphatic carboxylic acids is 1. The molecule has 0 rings (SSSR count). The third-order valence-corrected chi connectivity index (χ3v) is 2.80. The maximum Gasteiger partial charge on any atom is 0.326 e. The van der Waals surface area contributed by atoms with Crippen molar-refractivity contribution in [3.63, 3.8) is 0 Å². The lowest BCUT2D eigenvalue weighted by Gasteiger charge is -2.27. The molecule has 0 spiro atoms. The molecule has 0 aliphatic heterocycles. The predicted octanol–water partition coefficient (Wildman–Crippen LogP) is 1.78. The lowest BCUT2D eigenvalue weighted by molar-refractivity contribution is -0.161. The van der Waals surface area contributed by atoms with Gasteiger partial charge in [-0.25, -0.2) is 4.79 Å². The van der Waals surface area contributed by atoms with Crippen molar-refractivity contribution in [1.82, 2.24) is 4.90 Å². The van der Waals surface area contributed by atoms with Crippen molar-refractivity contribution in [2.75, 3.05) is 6.73 Å². The standard InChI is InChI=1S/C13H23NO5/c1-4-5-6-7-8-12(13(17)18)14(10(2)15)9-19-11(3)16/h12H,4-9H2,1-3H3,(H,17,18)/t12-/m0/s1. The topological polar surface area (TPSA) is 83.9 Å². The molecule has 0 heterocycles. The Bertz CT molecular complexity index is 316. The van der Waals surface area contributed by atoms with Crippen molar-refractivity contribution in [2.24, 2.45) is 0 Å². The van der Waals surface area contributed by atoms with Crippen LogP contribution in [0.4, 0.5) is 0 Å². The molecule has 1 amide bonds. The molecule has 0 fully saturated rings. The fourth-order valence-corrected chi connectivity index (χ4v) is 1.74. The van der Waals surface area contributed by atoms with E-state index in [2.05, 4.69) is 6.92 Å². The molecule has 1 N–H and O–H groups in total. The molecule has 0 aromatic heterocycles. The van der Waals surface area contributed by atoms with Crippen molar-refractivity contribution >= 4 is 17.8 Å². The minimum Gasteiger partial charge on any atom is -0.480 e. The van der Waals surface area contributed by atoms with Crippen LogP contribution in [0.1, 0.15) is 52.9 Å². The molecule has 1 atom stereocenters. The maximum absolute atomic E-state index is 11.5. The highest BCUT2D eigenvalue weighted by Gasteiger charge is 2.27. The zero-order valence-corrected chi connectivity index (χ0v) is 11.8. The summed E-state index contributed by atoms with van der Waals surface area (Å²) in [4.78, 5) is 34.5. The van der Waals surface area contributed by atoms with Crippen LogP contribution in [0, 0.1) is 0 Å². The van der Waals surface area contributed by atoms with Gasteiger partial charge in [0.2, 0.25) is 5.91 Å². The number of nitrogens with zero attached hydrogens (tertiary/aromatic N) is 1. The van der Waals surface area contributed by atoms with Crippen molar-refractivity contribution < 1.29 is 24.2 Å². The van der Waals surface area contributed by atoms with Gasteiger partial charge in [0.25, 0.3) is 0 Å². The highest BCUT2D eigenvalue weighted by atomic mass is 16.5. The first-order chi connectivity index (χ1) is 8.90. The number of ether oxygens (including phenoxy) is 1. The van der Waals surface area contributed by atoms with Crippen LogP contribution >= 0.6 is 0 Å². The van der Waals surface area contributed by atoms with E-state index in [0.29, 0.717) is 6.42 Å². The minimum atomic E-state index is -1.07. The van der Waals surface area contributed by atoms with Gasteiger partial charge in [-0.2, -0.15) is 0 Å². The molecule has 0 unspecified atom stereocenters. The maximum atomic E-state index is 11.5. The average Bonchev–Trinajstić information content (AvgIpc) is 2.30. The minimum absolute atomic E-state index is 0.310. The Labute approximate surface area is 113 Å². The number of carbonyl (C=O) groups is 3. The summed E-state index contributed by atoms with van der Waals surface area (Å²) in [6.07, 6.45) is 4.13. The molecule has 110 valence electrons. The fraction of sp³-hybridized carbons (Fsp3) is 0.769. The Morgan fingerprint density at radius 3 is 2.21 bits per heavy atom. The van der Waals surface area contributed by atoms with Gasteiger partial charge in [0.1, 0.15) is 6.04 Å². The Kier molecular flexibility index (Phi) is 8.57. The Morgan fingerprint density at radius 2 is 1.79 bits per heavy atom. The summed E-state index contributed by atoms with van der Waals surface area (Å²) < 4.78 is 4.73. The van der Waals surface area contributed by atoms with Crippen molar-refractivity contribution in [1.29, 1.82) is 0 Å². The quantitative estimate of drug-likeness (QED) is 0.393. The molecule has 6 heteroatoms. The zero-order chi connectivity index (χ0) is 14.8. The molecular weight excluding hydrogens is 250 g/mol. The Hall–Kier alpha value is -1.59. The first-order valence-electron chi connectivity index (χ1n) is 6.53. The molecule has 6 nitrogen and oxygen atoms in total. The molecular formula is C13H23NO5. The van der Waals surface area contributed by atoms with Crippen molar-refractivity contribution in [2.45, 2.75) is 58.9 Å². The van der Waals surface area contributed by atoms with Crippen LogP contribution in [0.15, 0.2) is 0 Å². The van der Waals surface area contributed by atoms with Crippen LogP contribution < -0.4 is 0 Å². The number of rotatable bonds is 9. The molecule has 0 aliphatic rings. The van der Waals surface area contributed by atoms with Crippen LogP contribution in [-0.2, 0) is 19.1 Å². The second-order valence-electron chi connectivity index (χ2n) is 4.46. The molecule has 0 saturated carbocycles. The van der Waals surface area contributed by atoms with E-state index in [0.717, 1.165) is 30.6 Å². The van der Waals surface area contributed by atoms with Gasteiger partial charge in [-0.05, 0) is 6.42 Å². The van der Waals surface area contributed by atoms with E-state index in [-0.39, 0.29) is 6.73 Å². The number of carbonyl (C=O) groups excluding carboxylic acids is 2. The third-order valence-electron chi connectivity index (χ3n) is 2.80. The van der Waals surface area contributed by atoms with E-state index in [1.165, 1.54) is 13.8 Å². The highest BCUT2D eigenvalue weighted by Crippen LogP contribution is 2.12. The summed E-state index contributed by atoms with van der Waals surface area (Å²) in [5.41, 5.74) is 0. The van der Waals surface area contributed by atoms with Crippen molar-refractivity contribution in [3.8, 4) is 0 Å². The van der Waals surface area contributed by atoms with E-state index in [1.54, 1.807) is 0 Å². The van der Waals surface area contributed by atoms with Crippen LogP contribution in [-0.4, -0.2) is 40.6 Å². The summed E-state index contributed by atoms with van der Waals surface area (Å²) in [7, 11) is 0. The molecule has 0 aromatic rings. The number of unbranched alkanes of at least 4 members (excludes halogenated alkanes) is 3. The lowest BCUT2D eigenvalue weighted by atomic mass is 10.1. The van der Waals surface area contributed by atoms with Crippen LogP contribution in [0.25, 0.3) is 0 Å². The summed E-state index contributed by atoms with van der Waals surface area (Å²) in [6, 6.07) is -0.936. The zero-order valence-electron chi connectivity index (χ0n) is 11.8. The van der Waals surface area contributed by atoms with Gasteiger partial charge in [0.05, 0.1) is 0 Å². The van der Waals surface area contributed by atoms with Gasteiger partial charge in [-0.1, -0.05) is 32.6 Å². The van der Waals surface area contributed by atoms with Crippen LogP contribution in [0.5, 0.6) is 0 Å². The Balaban J connectivity index is 4.53. The summed E-state index contributed by atoms with van der Waals surface area (Å²) in [5, 5.41) is 9.18. The number of hydrogen-bond acceptors (Lipinski definition) is 4. The first-order valence-corrected chi connectivity index (χ1v) is 6.53. The fourth-order valence-electron chi connectivity index (χ4n) is 1.74. The lowest BCUT2D eigenvalue weighted by Crippen LogP contribution is -2.45. The predicted molar refractivity (Wildman–Crippen MR) is 69.3 cm³/mol. The van der Waals surface area contributed by atoms with Gasteiger partial charge >= 0.3 is 11.9 Å². The number of carboxylic acids is 1. The molecule has 0 aromatic carbocycles. The second kappa shape index (κ2) is 9.35. The van der Waals surface area contributed by atoms with Gasteiger partial charge < -0.3 is 9.84 Å². The molecule has 0 aliphatic carbocycles. The molecule has 19 heavy (non-hydrogen) atoms. The molecule has 0 saturated heterocycles. The van der Waals surface area contributed by atoms with E-state index < -0.39 is 23.9 Å². The summed E-state index contributed by atoms with van der Waals surface area (Å²) >= 11 is 0. The summed E-state index contributed by atoms with van der Waals surface area (Å²) in [5.74, 6) is -2.02. The van der Waals surface area contributed by atoms with Gasteiger partial charge in [-0.15, -0.1) is 0 Å². The van der Waals surface area contributed by atoms with Crippen molar-refractivity contribution in [3.05, 3.63) is 0 Å². The average molecular weight is 273 g/mol. The van der Waals surface area contributed by atoms with E-state index in [1.807, 2.05) is 0 Å². The Morgan fingerprint density at radius 1 is 1.16 bits per heavy atom. The smallest absolute Gasteiger partial charge is 0.326 e.